The first-order chi connectivity index (χ1) is 18.4. The zero-order chi connectivity index (χ0) is 28.7. The Morgan fingerprint density at radius 1 is 0.897 bits per heavy atom. The summed E-state index contributed by atoms with van der Waals surface area (Å²) in [4.78, 5) is 28.3. The molecule has 39 heavy (non-hydrogen) atoms. The molecule has 0 aliphatic rings. The van der Waals surface area contributed by atoms with Gasteiger partial charge >= 0.3 is 0 Å². The number of hydrogen-bond donors (Lipinski definition) is 1. The molecule has 1 N–H and O–H groups in total. The lowest BCUT2D eigenvalue weighted by Crippen LogP contribution is -2.52. The van der Waals surface area contributed by atoms with Crippen molar-refractivity contribution >= 4 is 62.3 Å². The van der Waals surface area contributed by atoms with E-state index >= 15 is 0 Å². The van der Waals surface area contributed by atoms with Gasteiger partial charge in [-0.25, -0.2) is 8.42 Å². The molecule has 0 heterocycles. The summed E-state index contributed by atoms with van der Waals surface area (Å²) in [7, 11) is -4.20. The minimum atomic E-state index is -4.20. The Labute approximate surface area is 244 Å². The number of hydrogen-bond acceptors (Lipinski definition) is 4. The van der Waals surface area contributed by atoms with Gasteiger partial charge in [-0.1, -0.05) is 78.1 Å². The second-order valence-electron chi connectivity index (χ2n) is 9.03. The molecule has 0 saturated heterocycles. The molecule has 0 aromatic heterocycles. The van der Waals surface area contributed by atoms with Crippen molar-refractivity contribution in [2.24, 2.45) is 0 Å². The van der Waals surface area contributed by atoms with Crippen molar-refractivity contribution in [1.29, 1.82) is 0 Å². The third kappa shape index (κ3) is 7.66. The summed E-state index contributed by atoms with van der Waals surface area (Å²) in [5, 5.41) is 3.77. The number of rotatable bonds is 11. The highest BCUT2D eigenvalue weighted by Gasteiger charge is 2.33. The molecule has 0 aliphatic carbocycles. The normalized spacial score (nSPS) is 12.9. The summed E-state index contributed by atoms with van der Waals surface area (Å²) in [5.74, 6) is -0.995. The number of anilines is 1. The van der Waals surface area contributed by atoms with E-state index in [0.717, 1.165) is 4.31 Å². The average molecular weight is 611 g/mol. The van der Waals surface area contributed by atoms with Gasteiger partial charge < -0.3 is 10.2 Å². The molecule has 208 valence electrons. The smallest absolute Gasteiger partial charge is 0.264 e. The second kappa shape index (κ2) is 13.5. The van der Waals surface area contributed by atoms with Crippen LogP contribution in [0.5, 0.6) is 0 Å². The number of halogens is 3. The first kappa shape index (κ1) is 30.8. The fourth-order valence-corrected chi connectivity index (χ4v) is 5.98. The predicted molar refractivity (Wildman–Crippen MR) is 157 cm³/mol. The highest BCUT2D eigenvalue weighted by Crippen LogP contribution is 2.31. The first-order valence-electron chi connectivity index (χ1n) is 12.3. The molecular formula is C28H30Cl3N3O4S. The molecule has 0 fully saturated rings. The zero-order valence-corrected chi connectivity index (χ0v) is 24.9. The van der Waals surface area contributed by atoms with Crippen LogP contribution in [0.3, 0.4) is 0 Å². The van der Waals surface area contributed by atoms with Crippen LogP contribution in [0.2, 0.25) is 15.1 Å². The number of carbonyl (C=O) groups excluding carboxylic acids is 2. The van der Waals surface area contributed by atoms with Crippen LogP contribution in [0.25, 0.3) is 0 Å². The highest BCUT2D eigenvalue weighted by molar-refractivity contribution is 7.92. The van der Waals surface area contributed by atoms with Gasteiger partial charge in [0.25, 0.3) is 10.0 Å². The molecule has 3 aromatic rings. The van der Waals surface area contributed by atoms with Crippen LogP contribution in [-0.2, 0) is 26.2 Å². The molecule has 0 radical (unpaired) electrons. The van der Waals surface area contributed by atoms with Crippen molar-refractivity contribution in [2.75, 3.05) is 10.8 Å². The lowest BCUT2D eigenvalue weighted by atomic mass is 10.1. The summed E-state index contributed by atoms with van der Waals surface area (Å²) >= 11 is 18.8. The molecule has 3 aromatic carbocycles. The average Bonchev–Trinajstić information content (AvgIpc) is 2.91. The van der Waals surface area contributed by atoms with Crippen molar-refractivity contribution in [3.63, 3.8) is 0 Å². The van der Waals surface area contributed by atoms with Crippen LogP contribution in [-0.4, -0.2) is 43.8 Å². The van der Waals surface area contributed by atoms with Crippen LogP contribution >= 0.6 is 34.8 Å². The molecule has 3 rings (SSSR count). The standard InChI is InChI=1S/C28H30Cl3N3O4S/c1-4-19(2)32-28(36)20(3)33(17-21-14-15-22(29)16-25(21)31)27(35)18-34(26-13-9-8-12-24(26)30)39(37,38)23-10-6-5-7-11-23/h5-16,19-20H,4,17-18H2,1-3H3,(H,32,36)/t19-,20+/m1/s1. The Balaban J connectivity index is 2.05. The maximum absolute atomic E-state index is 13.9. The van der Waals surface area contributed by atoms with Crippen LogP contribution in [0.4, 0.5) is 5.69 Å². The number of carbonyl (C=O) groups is 2. The van der Waals surface area contributed by atoms with E-state index in [-0.39, 0.29) is 34.1 Å². The third-order valence-electron chi connectivity index (χ3n) is 6.26. The Hall–Kier alpha value is -2.78. The van der Waals surface area contributed by atoms with Crippen LogP contribution < -0.4 is 9.62 Å². The lowest BCUT2D eigenvalue weighted by molar-refractivity contribution is -0.139. The molecule has 0 aliphatic heterocycles. The Morgan fingerprint density at radius 2 is 1.54 bits per heavy atom. The molecular weight excluding hydrogens is 581 g/mol. The van der Waals surface area contributed by atoms with E-state index in [2.05, 4.69) is 5.32 Å². The monoisotopic (exact) mass is 609 g/mol. The first-order valence-corrected chi connectivity index (χ1v) is 14.9. The fraction of sp³-hybridized carbons (Fsp3) is 0.286. The van der Waals surface area contributed by atoms with Crippen molar-refractivity contribution in [3.8, 4) is 0 Å². The summed E-state index contributed by atoms with van der Waals surface area (Å²) in [5.41, 5.74) is 0.686. The Kier molecular flexibility index (Phi) is 10.7. The molecule has 11 heteroatoms. The van der Waals surface area contributed by atoms with Crippen molar-refractivity contribution in [3.05, 3.63) is 93.4 Å². The van der Waals surface area contributed by atoms with Crippen LogP contribution in [0.15, 0.2) is 77.7 Å². The van der Waals surface area contributed by atoms with E-state index < -0.39 is 28.5 Å². The van der Waals surface area contributed by atoms with E-state index in [9.17, 15) is 18.0 Å². The predicted octanol–water partition coefficient (Wildman–Crippen LogP) is 6.17. The van der Waals surface area contributed by atoms with Crippen molar-refractivity contribution in [1.82, 2.24) is 10.2 Å². The highest BCUT2D eigenvalue weighted by atomic mass is 35.5. The summed E-state index contributed by atoms with van der Waals surface area (Å²) in [6.07, 6.45) is 0.699. The topological polar surface area (TPSA) is 86.8 Å². The van der Waals surface area contributed by atoms with Gasteiger partial charge in [-0.2, -0.15) is 0 Å². The minimum Gasteiger partial charge on any atom is -0.352 e. The van der Waals surface area contributed by atoms with Gasteiger partial charge in [-0.05, 0) is 62.2 Å². The number of benzene rings is 3. The molecule has 0 unspecified atom stereocenters. The van der Waals surface area contributed by atoms with Gasteiger partial charge in [0, 0.05) is 22.6 Å². The second-order valence-corrected chi connectivity index (χ2v) is 12.1. The van der Waals surface area contributed by atoms with E-state index in [1.165, 1.54) is 23.1 Å². The number of nitrogens with zero attached hydrogens (tertiary/aromatic N) is 2. The summed E-state index contributed by atoms with van der Waals surface area (Å²) < 4.78 is 28.5. The molecule has 0 saturated carbocycles. The zero-order valence-electron chi connectivity index (χ0n) is 21.8. The largest absolute Gasteiger partial charge is 0.352 e. The van der Waals surface area contributed by atoms with Gasteiger partial charge in [0.2, 0.25) is 11.8 Å². The number of sulfonamides is 1. The SMILES string of the molecule is CC[C@@H](C)NC(=O)[C@H](C)N(Cc1ccc(Cl)cc1Cl)C(=O)CN(c1ccccc1Cl)S(=O)(=O)c1ccccc1. The van der Waals surface area contributed by atoms with Crippen molar-refractivity contribution < 1.29 is 18.0 Å². The van der Waals surface area contributed by atoms with Crippen molar-refractivity contribution in [2.45, 2.75) is 50.7 Å². The fourth-order valence-electron chi connectivity index (χ4n) is 3.77. The van der Waals surface area contributed by atoms with Gasteiger partial charge in [0.15, 0.2) is 0 Å². The third-order valence-corrected chi connectivity index (χ3v) is 8.94. The Bertz CT molecular complexity index is 1420. The van der Waals surface area contributed by atoms with E-state index in [1.807, 2.05) is 13.8 Å². The number of para-hydroxylation sites is 1. The van der Waals surface area contributed by atoms with Gasteiger partial charge in [0.05, 0.1) is 15.6 Å². The van der Waals surface area contributed by atoms with E-state index in [1.54, 1.807) is 61.5 Å². The van der Waals surface area contributed by atoms with Gasteiger partial charge in [-0.15, -0.1) is 0 Å². The molecule has 0 bridgehead atoms. The molecule has 0 spiro atoms. The maximum atomic E-state index is 13.9. The van der Waals surface area contributed by atoms with E-state index in [0.29, 0.717) is 22.0 Å². The Morgan fingerprint density at radius 3 is 2.15 bits per heavy atom. The maximum Gasteiger partial charge on any atom is 0.264 e. The minimum absolute atomic E-state index is 0.00687. The lowest BCUT2D eigenvalue weighted by Gasteiger charge is -2.32. The number of nitrogens with one attached hydrogen (secondary N) is 1. The quantitative estimate of drug-likeness (QED) is 0.281. The summed E-state index contributed by atoms with van der Waals surface area (Å²) in [6, 6.07) is 17.9. The molecule has 2 atom stereocenters. The summed E-state index contributed by atoms with van der Waals surface area (Å²) in [6.45, 7) is 4.73. The molecule has 2 amide bonds. The van der Waals surface area contributed by atoms with Crippen LogP contribution in [0, 0.1) is 0 Å². The van der Waals surface area contributed by atoms with Gasteiger partial charge in [-0.3, -0.25) is 13.9 Å². The van der Waals surface area contributed by atoms with Gasteiger partial charge in [0.1, 0.15) is 12.6 Å². The molecule has 7 nitrogen and oxygen atoms in total. The van der Waals surface area contributed by atoms with Crippen LogP contribution in [0.1, 0.15) is 32.8 Å². The number of amides is 2. The van der Waals surface area contributed by atoms with E-state index in [4.69, 9.17) is 34.8 Å².